The summed E-state index contributed by atoms with van der Waals surface area (Å²) in [6, 6.07) is 0.0587. The molecule has 0 bridgehead atoms. The predicted octanol–water partition coefficient (Wildman–Crippen LogP) is 9.53. The van der Waals surface area contributed by atoms with Gasteiger partial charge in [-0.05, 0) is 66.5 Å². The van der Waals surface area contributed by atoms with Gasteiger partial charge in [0.05, 0.1) is 6.04 Å². The standard InChI is InChI=1S/C23H34N4OS.C10H16.C3H8/c1-9-14(2)22(28)27-11-10-17-18(13-29-21(17)16(27)4)15(3)26-20(25-8)12-19(24)23(5,6)7;1-5-6-7-8-10(4)9(2)3;1-3-2/h9,12-13,16H,3,10-11,24H2,1-2,4-8H3,(H,25,26);5-8H,1-4H3;3H2,1-2H3/b14-9+,19-12-;6-5-,8-7-;. The number of allylic oxidation sites excluding steroid dienone is 8. The molecule has 1 amide bonds. The van der Waals surface area contributed by atoms with Crippen LogP contribution in [0.4, 0.5) is 0 Å². The third-order valence-electron chi connectivity index (χ3n) is 6.85. The molecule has 6 heteroatoms. The van der Waals surface area contributed by atoms with Crippen molar-refractivity contribution >= 4 is 28.8 Å². The van der Waals surface area contributed by atoms with Gasteiger partial charge in [-0.25, -0.2) is 0 Å². The van der Waals surface area contributed by atoms with Gasteiger partial charge in [-0.1, -0.05) is 89.1 Å². The third-order valence-corrected chi connectivity index (χ3v) is 8.04. The summed E-state index contributed by atoms with van der Waals surface area (Å²) in [6.07, 6.45) is 14.0. The number of hydrogen-bond donors (Lipinski definition) is 2. The van der Waals surface area contributed by atoms with Crippen LogP contribution in [0.5, 0.6) is 0 Å². The van der Waals surface area contributed by atoms with E-state index in [1.165, 1.54) is 28.0 Å². The van der Waals surface area contributed by atoms with Gasteiger partial charge < -0.3 is 16.0 Å². The van der Waals surface area contributed by atoms with Crippen LogP contribution in [-0.4, -0.2) is 30.2 Å². The van der Waals surface area contributed by atoms with Crippen molar-refractivity contribution in [3.63, 3.8) is 0 Å². The van der Waals surface area contributed by atoms with Gasteiger partial charge in [0.1, 0.15) is 5.84 Å². The Morgan fingerprint density at radius 3 is 2.26 bits per heavy atom. The average molecular weight is 595 g/mol. The lowest BCUT2D eigenvalue weighted by molar-refractivity contribution is -0.129. The van der Waals surface area contributed by atoms with Crippen molar-refractivity contribution in [1.29, 1.82) is 0 Å². The Morgan fingerprint density at radius 1 is 1.19 bits per heavy atom. The van der Waals surface area contributed by atoms with Crippen molar-refractivity contribution in [3.8, 4) is 0 Å². The zero-order valence-corrected chi connectivity index (χ0v) is 29.6. The molecule has 1 aliphatic rings. The van der Waals surface area contributed by atoms with Crippen LogP contribution in [0.15, 0.2) is 75.8 Å². The second-order valence-electron chi connectivity index (χ2n) is 11.7. The van der Waals surface area contributed by atoms with Gasteiger partial charge in [0.15, 0.2) is 0 Å². The SMILES string of the molecule is C/C=C\C=C/C(C)=C(C)C.C=C(NC(/C=C(\N)C(C)(C)C)=NC)c1csc2c1CCN(C(=O)/C(C)=C/C)C2C.CCC. The summed E-state index contributed by atoms with van der Waals surface area (Å²) in [5.41, 5.74) is 13.5. The van der Waals surface area contributed by atoms with Gasteiger partial charge in [0.2, 0.25) is 5.91 Å². The van der Waals surface area contributed by atoms with E-state index in [-0.39, 0.29) is 17.4 Å². The molecule has 234 valence electrons. The molecule has 1 aromatic rings. The van der Waals surface area contributed by atoms with Crippen molar-refractivity contribution in [2.45, 2.75) is 102 Å². The fourth-order valence-electron chi connectivity index (χ4n) is 3.67. The Bertz CT molecular complexity index is 1210. The molecule has 0 saturated carbocycles. The van der Waals surface area contributed by atoms with Crippen molar-refractivity contribution in [3.05, 3.63) is 86.8 Å². The number of fused-ring (bicyclic) bond motifs is 1. The summed E-state index contributed by atoms with van der Waals surface area (Å²) in [4.78, 5) is 20.2. The van der Waals surface area contributed by atoms with Crippen LogP contribution in [0.1, 0.15) is 112 Å². The second-order valence-corrected chi connectivity index (χ2v) is 12.6. The van der Waals surface area contributed by atoms with E-state index in [2.05, 4.69) is 96.7 Å². The molecule has 0 aliphatic carbocycles. The number of carbonyl (C=O) groups is 1. The Morgan fingerprint density at radius 2 is 1.79 bits per heavy atom. The largest absolute Gasteiger partial charge is 0.401 e. The molecule has 3 N–H and O–H groups in total. The first kappa shape index (κ1) is 38.9. The Labute approximate surface area is 261 Å². The first-order chi connectivity index (χ1) is 19.6. The molecular weight excluding hydrogens is 536 g/mol. The predicted molar refractivity (Wildman–Crippen MR) is 189 cm³/mol. The Balaban J connectivity index is 0.00000108. The molecule has 1 aromatic heterocycles. The summed E-state index contributed by atoms with van der Waals surface area (Å²) in [6.45, 7) is 29.7. The molecule has 0 aromatic carbocycles. The van der Waals surface area contributed by atoms with Gasteiger partial charge in [0.25, 0.3) is 0 Å². The molecule has 1 unspecified atom stereocenters. The quantitative estimate of drug-likeness (QED) is 0.149. The van der Waals surface area contributed by atoms with E-state index < -0.39 is 0 Å². The Hall–Kier alpha value is -3.12. The van der Waals surface area contributed by atoms with E-state index in [0.717, 1.165) is 29.0 Å². The summed E-state index contributed by atoms with van der Waals surface area (Å²) < 4.78 is 0. The number of amides is 1. The first-order valence-electron chi connectivity index (χ1n) is 15.0. The fraction of sp³-hybridized carbons (Fsp3) is 0.500. The maximum Gasteiger partial charge on any atom is 0.249 e. The molecule has 5 nitrogen and oxygen atoms in total. The summed E-state index contributed by atoms with van der Waals surface area (Å²) in [7, 11) is 1.74. The molecule has 2 rings (SSSR count). The van der Waals surface area contributed by atoms with Crippen molar-refractivity contribution in [2.24, 2.45) is 16.1 Å². The van der Waals surface area contributed by atoms with E-state index in [1.807, 2.05) is 50.0 Å². The van der Waals surface area contributed by atoms with E-state index in [0.29, 0.717) is 12.4 Å². The monoisotopic (exact) mass is 594 g/mol. The highest BCUT2D eigenvalue weighted by atomic mass is 32.1. The number of hydrogen-bond acceptors (Lipinski definition) is 4. The van der Waals surface area contributed by atoms with E-state index in [1.54, 1.807) is 18.4 Å². The molecule has 1 atom stereocenters. The van der Waals surface area contributed by atoms with E-state index >= 15 is 0 Å². The van der Waals surface area contributed by atoms with Crippen molar-refractivity contribution < 1.29 is 4.79 Å². The van der Waals surface area contributed by atoms with Crippen molar-refractivity contribution in [1.82, 2.24) is 10.2 Å². The highest BCUT2D eigenvalue weighted by Gasteiger charge is 2.31. The number of nitrogens with two attached hydrogens (primary N) is 1. The van der Waals surface area contributed by atoms with Gasteiger partial charge in [-0.3, -0.25) is 9.79 Å². The van der Waals surface area contributed by atoms with E-state index in [4.69, 9.17) is 5.73 Å². The molecule has 0 fully saturated rings. The summed E-state index contributed by atoms with van der Waals surface area (Å²) in [5.74, 6) is 0.799. The highest BCUT2D eigenvalue weighted by molar-refractivity contribution is 7.10. The molecule has 0 saturated heterocycles. The topological polar surface area (TPSA) is 70.7 Å². The number of aliphatic imine (C=N–C) groups is 1. The number of thiophene rings is 1. The van der Waals surface area contributed by atoms with Gasteiger partial charge >= 0.3 is 0 Å². The van der Waals surface area contributed by atoms with Crippen LogP contribution in [-0.2, 0) is 11.2 Å². The molecule has 42 heavy (non-hydrogen) atoms. The van der Waals surface area contributed by atoms with Crippen LogP contribution in [0.25, 0.3) is 5.70 Å². The number of rotatable bonds is 6. The molecule has 1 aliphatic heterocycles. The summed E-state index contributed by atoms with van der Waals surface area (Å²) in [5, 5.41) is 5.44. The maximum absolute atomic E-state index is 12.7. The molecule has 0 radical (unpaired) electrons. The minimum absolute atomic E-state index is 0.0587. The normalized spacial score (nSPS) is 15.9. The lowest BCUT2D eigenvalue weighted by Gasteiger charge is -2.34. The van der Waals surface area contributed by atoms with Crippen LogP contribution in [0.3, 0.4) is 0 Å². The number of nitrogens with zero attached hydrogens (tertiary/aromatic N) is 2. The Kier molecular flexibility index (Phi) is 17.7. The third kappa shape index (κ3) is 12.4. The van der Waals surface area contributed by atoms with Gasteiger partial charge in [-0.15, -0.1) is 11.3 Å². The van der Waals surface area contributed by atoms with Crippen LogP contribution >= 0.6 is 11.3 Å². The zero-order chi connectivity index (χ0) is 32.6. The zero-order valence-electron chi connectivity index (χ0n) is 28.7. The fourth-order valence-corrected chi connectivity index (χ4v) is 4.88. The number of carbonyl (C=O) groups excluding carboxylic acids is 1. The second kappa shape index (κ2) is 19.1. The smallest absolute Gasteiger partial charge is 0.249 e. The average Bonchev–Trinajstić information content (AvgIpc) is 3.37. The molecule has 0 spiro atoms. The highest BCUT2D eigenvalue weighted by Crippen LogP contribution is 2.38. The van der Waals surface area contributed by atoms with E-state index in [9.17, 15) is 4.79 Å². The lowest BCUT2D eigenvalue weighted by Crippen LogP contribution is -2.38. The molecule has 2 heterocycles. The van der Waals surface area contributed by atoms with Gasteiger partial charge in [0, 0.05) is 51.8 Å². The van der Waals surface area contributed by atoms with Crippen LogP contribution < -0.4 is 11.1 Å². The van der Waals surface area contributed by atoms with Gasteiger partial charge in [-0.2, -0.15) is 0 Å². The van der Waals surface area contributed by atoms with Crippen LogP contribution in [0, 0.1) is 5.41 Å². The minimum Gasteiger partial charge on any atom is -0.401 e. The first-order valence-corrected chi connectivity index (χ1v) is 15.9. The maximum atomic E-state index is 12.7. The number of amidine groups is 1. The lowest BCUT2D eigenvalue weighted by atomic mass is 9.92. The molecular formula is C36H58N4OS. The number of nitrogens with one attached hydrogen (secondary N) is 1. The summed E-state index contributed by atoms with van der Waals surface area (Å²) >= 11 is 1.69. The minimum atomic E-state index is -0.128. The van der Waals surface area contributed by atoms with Crippen LogP contribution in [0.2, 0.25) is 0 Å². The van der Waals surface area contributed by atoms with Crippen molar-refractivity contribution in [2.75, 3.05) is 13.6 Å².